The van der Waals surface area contributed by atoms with E-state index < -0.39 is 51.7 Å². The normalized spacial score (nSPS) is 14.3. The van der Waals surface area contributed by atoms with Crippen LogP contribution in [0.2, 0.25) is 0 Å². The van der Waals surface area contributed by atoms with Crippen LogP contribution in [0.4, 0.5) is 14.9 Å². The monoisotopic (exact) mass is 644 g/mol. The van der Waals surface area contributed by atoms with Crippen molar-refractivity contribution in [3.63, 3.8) is 0 Å². The fourth-order valence-electron chi connectivity index (χ4n) is 4.47. The first-order chi connectivity index (χ1) is 21.1. The van der Waals surface area contributed by atoms with Crippen molar-refractivity contribution in [2.75, 3.05) is 36.3 Å². The molecular formula is C31H37FN4O8S. The van der Waals surface area contributed by atoms with E-state index in [1.165, 1.54) is 37.3 Å². The lowest BCUT2D eigenvalue weighted by atomic mass is 10.1. The Bertz CT molecular complexity index is 1590. The number of carbonyl (C=O) groups excluding carboxylic acids is 3. The molecule has 0 atom stereocenters. The highest BCUT2D eigenvalue weighted by Crippen LogP contribution is 2.30. The molecule has 45 heavy (non-hydrogen) atoms. The third kappa shape index (κ3) is 10.2. The van der Waals surface area contributed by atoms with E-state index in [4.69, 9.17) is 25.2 Å². The molecule has 0 saturated carbocycles. The number of nitrogens with zero attached hydrogens (tertiary/aromatic N) is 3. The second kappa shape index (κ2) is 14.9. The van der Waals surface area contributed by atoms with Crippen LogP contribution in [0.15, 0.2) is 48.3 Å². The van der Waals surface area contributed by atoms with Crippen molar-refractivity contribution in [3.8, 4) is 11.8 Å². The number of esters is 1. The first-order valence-corrected chi connectivity index (χ1v) is 15.8. The molecule has 3 rings (SSSR count). The molecule has 0 aromatic heterocycles. The standard InChI is InChI=1S/C31H37FN4O8S/c1-5-42-28(37)20-45(40,41)36(19-23(32)16-21-7-6-8-22(15-21)18-33)24-9-10-27(26(17-24)29(34)38)43-25-11-13-35(14-12-25)30(39)44-31(2,3)4/h6-10,15-17,25H,5,11-14,19-20H2,1-4H3,(H2,34,38)/b23-16+. The van der Waals surface area contributed by atoms with E-state index in [0.29, 0.717) is 35.8 Å². The molecule has 242 valence electrons. The molecule has 0 bridgehead atoms. The smallest absolute Gasteiger partial charge is 0.410 e. The van der Waals surface area contributed by atoms with Gasteiger partial charge in [-0.1, -0.05) is 12.1 Å². The Kier molecular flexibility index (Phi) is 11.5. The average Bonchev–Trinajstić information content (AvgIpc) is 2.95. The van der Waals surface area contributed by atoms with Crippen molar-refractivity contribution in [1.29, 1.82) is 5.26 Å². The number of likely N-dealkylation sites (tertiary alicyclic amines) is 1. The van der Waals surface area contributed by atoms with Crippen LogP contribution in [0.25, 0.3) is 6.08 Å². The number of primary amides is 1. The SMILES string of the molecule is CCOC(=O)CS(=O)(=O)N(C/C(F)=C\c1cccc(C#N)c1)c1ccc(OC2CCN(C(=O)OC(C)(C)C)CC2)c(C(N)=O)c1. The molecule has 1 aliphatic rings. The minimum Gasteiger partial charge on any atom is -0.489 e. The summed E-state index contributed by atoms with van der Waals surface area (Å²) >= 11 is 0. The van der Waals surface area contributed by atoms with Crippen LogP contribution in [0.3, 0.4) is 0 Å². The molecular weight excluding hydrogens is 607 g/mol. The number of sulfonamides is 1. The van der Waals surface area contributed by atoms with E-state index in [1.807, 2.05) is 6.07 Å². The van der Waals surface area contributed by atoms with Gasteiger partial charge in [0.2, 0.25) is 10.0 Å². The Labute approximate surface area is 262 Å². The maximum Gasteiger partial charge on any atom is 0.410 e. The highest BCUT2D eigenvalue weighted by atomic mass is 32.2. The minimum absolute atomic E-state index is 0.0631. The van der Waals surface area contributed by atoms with Crippen LogP contribution in [0.1, 0.15) is 62.0 Å². The summed E-state index contributed by atoms with van der Waals surface area (Å²) in [6.45, 7) is 6.65. The van der Waals surface area contributed by atoms with Crippen molar-refractivity contribution >= 4 is 39.8 Å². The molecule has 2 aromatic rings. The highest BCUT2D eigenvalue weighted by Gasteiger charge is 2.31. The van der Waals surface area contributed by atoms with Crippen LogP contribution in [-0.4, -0.2) is 75.0 Å². The molecule has 2 N–H and O–H groups in total. The zero-order valence-electron chi connectivity index (χ0n) is 25.6. The Hall–Kier alpha value is -4.64. The van der Waals surface area contributed by atoms with E-state index in [0.717, 1.165) is 12.1 Å². The van der Waals surface area contributed by atoms with Crippen LogP contribution in [0.5, 0.6) is 5.75 Å². The van der Waals surface area contributed by atoms with Gasteiger partial charge in [0.05, 0.1) is 36.0 Å². The number of nitrogens with two attached hydrogens (primary N) is 1. The minimum atomic E-state index is -4.52. The van der Waals surface area contributed by atoms with Gasteiger partial charge in [-0.3, -0.25) is 13.9 Å². The van der Waals surface area contributed by atoms with Gasteiger partial charge in [-0.05, 0) is 69.7 Å². The van der Waals surface area contributed by atoms with Gasteiger partial charge < -0.3 is 24.8 Å². The van der Waals surface area contributed by atoms with Crippen molar-refractivity contribution in [3.05, 3.63) is 65.0 Å². The first kappa shape index (κ1) is 34.8. The lowest BCUT2D eigenvalue weighted by Crippen LogP contribution is -2.44. The zero-order chi connectivity index (χ0) is 33.4. The van der Waals surface area contributed by atoms with Gasteiger partial charge in [-0.15, -0.1) is 0 Å². The van der Waals surface area contributed by atoms with E-state index in [9.17, 15) is 22.8 Å². The van der Waals surface area contributed by atoms with Crippen LogP contribution in [0, 0.1) is 11.3 Å². The largest absolute Gasteiger partial charge is 0.489 e. The number of carbonyl (C=O) groups is 3. The predicted octanol–water partition coefficient (Wildman–Crippen LogP) is 4.15. The number of ether oxygens (including phenoxy) is 3. The molecule has 1 heterocycles. The van der Waals surface area contributed by atoms with Crippen LogP contribution >= 0.6 is 0 Å². The molecule has 1 saturated heterocycles. The van der Waals surface area contributed by atoms with Crippen molar-refractivity contribution in [2.24, 2.45) is 5.73 Å². The molecule has 0 unspecified atom stereocenters. The Morgan fingerprint density at radius 1 is 1.16 bits per heavy atom. The van der Waals surface area contributed by atoms with Crippen LogP contribution < -0.4 is 14.8 Å². The summed E-state index contributed by atoms with van der Waals surface area (Å²) in [4.78, 5) is 38.6. The molecule has 0 spiro atoms. The summed E-state index contributed by atoms with van der Waals surface area (Å²) in [5.74, 6) is -3.88. The Balaban J connectivity index is 1.89. The van der Waals surface area contributed by atoms with Gasteiger partial charge in [0.25, 0.3) is 5.91 Å². The van der Waals surface area contributed by atoms with Gasteiger partial charge in [-0.2, -0.15) is 5.26 Å². The number of hydrogen-bond acceptors (Lipinski definition) is 9. The summed E-state index contributed by atoms with van der Waals surface area (Å²) in [5, 5.41) is 9.13. The van der Waals surface area contributed by atoms with Gasteiger partial charge in [0, 0.05) is 25.9 Å². The number of piperidine rings is 1. The average molecular weight is 645 g/mol. The lowest BCUT2D eigenvalue weighted by molar-refractivity contribution is -0.139. The molecule has 0 aliphatic carbocycles. The molecule has 2 aromatic carbocycles. The molecule has 0 radical (unpaired) electrons. The highest BCUT2D eigenvalue weighted by molar-refractivity contribution is 7.93. The summed E-state index contributed by atoms with van der Waals surface area (Å²) in [6, 6.07) is 11.8. The van der Waals surface area contributed by atoms with Crippen molar-refractivity contribution in [1.82, 2.24) is 4.90 Å². The third-order valence-electron chi connectivity index (χ3n) is 6.48. The number of anilines is 1. The first-order valence-electron chi connectivity index (χ1n) is 14.2. The fourth-order valence-corrected chi connectivity index (χ4v) is 5.76. The summed E-state index contributed by atoms with van der Waals surface area (Å²) in [5.41, 5.74) is 5.27. The lowest BCUT2D eigenvalue weighted by Gasteiger charge is -2.33. The quantitative estimate of drug-likeness (QED) is 0.353. The molecule has 2 amide bonds. The number of nitriles is 1. The molecule has 1 aliphatic heterocycles. The second-order valence-electron chi connectivity index (χ2n) is 11.2. The van der Waals surface area contributed by atoms with Crippen molar-refractivity contribution < 1.29 is 41.4 Å². The Morgan fingerprint density at radius 2 is 1.84 bits per heavy atom. The summed E-state index contributed by atoms with van der Waals surface area (Å²) in [6.07, 6.45) is 1.10. The maximum absolute atomic E-state index is 15.3. The van der Waals surface area contributed by atoms with Gasteiger partial charge in [-0.25, -0.2) is 17.6 Å². The predicted molar refractivity (Wildman–Crippen MR) is 164 cm³/mol. The number of rotatable bonds is 11. The number of halogens is 1. The molecule has 12 nitrogen and oxygen atoms in total. The summed E-state index contributed by atoms with van der Waals surface area (Å²) in [7, 11) is -4.52. The molecule has 14 heteroatoms. The van der Waals surface area contributed by atoms with Crippen molar-refractivity contribution in [2.45, 2.75) is 52.2 Å². The topological polar surface area (TPSA) is 169 Å². The maximum atomic E-state index is 15.3. The number of benzene rings is 2. The van der Waals surface area contributed by atoms with E-state index in [1.54, 1.807) is 31.7 Å². The number of amides is 2. The second-order valence-corrected chi connectivity index (χ2v) is 13.1. The Morgan fingerprint density at radius 3 is 2.44 bits per heavy atom. The fraction of sp³-hybridized carbons (Fsp3) is 0.419. The summed E-state index contributed by atoms with van der Waals surface area (Å²) < 4.78 is 58.9. The zero-order valence-corrected chi connectivity index (χ0v) is 26.4. The third-order valence-corrected chi connectivity index (χ3v) is 8.09. The number of hydrogen-bond donors (Lipinski definition) is 1. The van der Waals surface area contributed by atoms with E-state index >= 15 is 4.39 Å². The van der Waals surface area contributed by atoms with Gasteiger partial charge in [0.1, 0.15) is 23.3 Å². The van der Waals surface area contributed by atoms with Crippen LogP contribution in [-0.2, 0) is 24.3 Å². The van der Waals surface area contributed by atoms with Gasteiger partial charge >= 0.3 is 12.1 Å². The molecule has 1 fully saturated rings. The van der Waals surface area contributed by atoms with Gasteiger partial charge in [0.15, 0.2) is 5.75 Å². The van der Waals surface area contributed by atoms with E-state index in [-0.39, 0.29) is 35.3 Å². The van der Waals surface area contributed by atoms with E-state index in [2.05, 4.69) is 0 Å².